The van der Waals surface area contributed by atoms with Crippen molar-refractivity contribution in [3.05, 3.63) is 0 Å². The zero-order chi connectivity index (χ0) is 15.4. The van der Waals surface area contributed by atoms with E-state index >= 15 is 0 Å². The van der Waals surface area contributed by atoms with Crippen LogP contribution in [0.2, 0.25) is 0 Å². The molecule has 1 aliphatic rings. The fraction of sp³-hybridized carbons (Fsp3) is 1.00. The Kier molecular flexibility index (Phi) is 6.31. The van der Waals surface area contributed by atoms with Crippen LogP contribution in [0.15, 0.2) is 0 Å². The van der Waals surface area contributed by atoms with Crippen molar-refractivity contribution in [1.82, 2.24) is 5.32 Å². The summed E-state index contributed by atoms with van der Waals surface area (Å²) in [6.07, 6.45) is -0.740. The fourth-order valence-corrected chi connectivity index (χ4v) is 3.80. The van der Waals surface area contributed by atoms with Crippen LogP contribution >= 0.6 is 0 Å². The molecule has 0 radical (unpaired) electrons. The first kappa shape index (κ1) is 17.8. The summed E-state index contributed by atoms with van der Waals surface area (Å²) in [4.78, 5) is 0. The third-order valence-corrected chi connectivity index (χ3v) is 5.00. The quantitative estimate of drug-likeness (QED) is 0.820. The average Bonchev–Trinajstić information content (AvgIpc) is 2.32. The lowest BCUT2D eigenvalue weighted by Crippen LogP contribution is -2.46. The predicted octanol–water partition coefficient (Wildman–Crippen LogP) is 2.77. The highest BCUT2D eigenvalue weighted by molar-refractivity contribution is 7.90. The van der Waals surface area contributed by atoms with Crippen LogP contribution in [0, 0.1) is 11.8 Å². The van der Waals surface area contributed by atoms with Gasteiger partial charge in [-0.05, 0) is 31.7 Å². The Morgan fingerprint density at radius 1 is 1.25 bits per heavy atom. The van der Waals surface area contributed by atoms with E-state index in [-0.39, 0.29) is 24.6 Å². The molecule has 1 saturated carbocycles. The van der Waals surface area contributed by atoms with Gasteiger partial charge in [0.2, 0.25) is 0 Å². The Balaban J connectivity index is 2.81. The van der Waals surface area contributed by atoms with Crippen LogP contribution in [0.1, 0.15) is 39.0 Å². The summed E-state index contributed by atoms with van der Waals surface area (Å²) in [7, 11) is -3.15. The maximum Gasteiger partial charge on any atom is 0.392 e. The molecule has 0 aromatic carbocycles. The van der Waals surface area contributed by atoms with Gasteiger partial charge in [-0.15, -0.1) is 0 Å². The molecule has 0 amide bonds. The zero-order valence-corrected chi connectivity index (χ0v) is 12.9. The van der Waals surface area contributed by atoms with Crippen LogP contribution in [0.25, 0.3) is 0 Å². The van der Waals surface area contributed by atoms with E-state index in [1.54, 1.807) is 0 Å². The minimum Gasteiger partial charge on any atom is -0.314 e. The highest BCUT2D eigenvalue weighted by atomic mass is 32.2. The molecule has 7 heteroatoms. The van der Waals surface area contributed by atoms with Crippen LogP contribution < -0.4 is 5.32 Å². The molecule has 1 N–H and O–H groups in total. The molecule has 1 rings (SSSR count). The van der Waals surface area contributed by atoms with Crippen LogP contribution in [0.4, 0.5) is 13.2 Å². The molecule has 0 aliphatic heterocycles. The monoisotopic (exact) mass is 315 g/mol. The van der Waals surface area contributed by atoms with E-state index in [0.29, 0.717) is 19.4 Å². The Bertz CT molecular complexity index is 395. The van der Waals surface area contributed by atoms with Gasteiger partial charge in [-0.2, -0.15) is 13.2 Å². The van der Waals surface area contributed by atoms with Crippen molar-refractivity contribution in [2.75, 3.05) is 18.6 Å². The van der Waals surface area contributed by atoms with E-state index in [1.165, 1.54) is 0 Å². The van der Waals surface area contributed by atoms with E-state index < -0.39 is 27.8 Å². The van der Waals surface area contributed by atoms with Crippen LogP contribution in [-0.4, -0.2) is 39.2 Å². The summed E-state index contributed by atoms with van der Waals surface area (Å²) in [6.45, 7) is 2.38. The Labute approximate surface area is 119 Å². The standard InChI is InChI=1S/C13H24F3NO2S/c1-3-17-12(8-9-20(2,18)19)10-6-4-5-7-11(10)13(14,15)16/h10-12,17H,3-9H2,1-2H3. The van der Waals surface area contributed by atoms with Crippen molar-refractivity contribution < 1.29 is 21.6 Å². The van der Waals surface area contributed by atoms with Gasteiger partial charge in [0, 0.05) is 12.3 Å². The molecule has 0 spiro atoms. The van der Waals surface area contributed by atoms with Crippen LogP contribution in [0.3, 0.4) is 0 Å². The van der Waals surface area contributed by atoms with E-state index in [9.17, 15) is 21.6 Å². The smallest absolute Gasteiger partial charge is 0.314 e. The highest BCUT2D eigenvalue weighted by Gasteiger charge is 2.47. The van der Waals surface area contributed by atoms with E-state index in [4.69, 9.17) is 0 Å². The number of sulfone groups is 1. The summed E-state index contributed by atoms with van der Waals surface area (Å²) in [5.74, 6) is -1.88. The van der Waals surface area contributed by atoms with Crippen LogP contribution in [-0.2, 0) is 9.84 Å². The molecule has 0 saturated heterocycles. The molecule has 0 aromatic heterocycles. The SMILES string of the molecule is CCNC(CCS(C)(=O)=O)C1CCCCC1C(F)(F)F. The summed E-state index contributed by atoms with van der Waals surface area (Å²) in [5.41, 5.74) is 0. The number of nitrogens with one attached hydrogen (secondary N) is 1. The minimum atomic E-state index is -4.19. The molecule has 0 bridgehead atoms. The van der Waals surface area contributed by atoms with Crippen molar-refractivity contribution in [3.8, 4) is 0 Å². The van der Waals surface area contributed by atoms with Gasteiger partial charge in [0.05, 0.1) is 11.7 Å². The molecular formula is C13H24F3NO2S. The number of rotatable bonds is 6. The Morgan fingerprint density at radius 3 is 2.35 bits per heavy atom. The predicted molar refractivity (Wildman–Crippen MR) is 73.3 cm³/mol. The summed E-state index contributed by atoms with van der Waals surface area (Å²) in [6, 6.07) is -0.373. The number of alkyl halides is 3. The maximum absolute atomic E-state index is 13.1. The molecule has 3 unspecified atom stereocenters. The lowest BCUT2D eigenvalue weighted by molar-refractivity contribution is -0.199. The summed E-state index contributed by atoms with van der Waals surface area (Å²) < 4.78 is 61.9. The number of halogens is 3. The Morgan fingerprint density at radius 2 is 1.85 bits per heavy atom. The lowest BCUT2D eigenvalue weighted by Gasteiger charge is -2.38. The molecule has 120 valence electrons. The first-order valence-corrected chi connectivity index (χ1v) is 9.19. The average molecular weight is 315 g/mol. The Hall–Kier alpha value is -0.300. The zero-order valence-electron chi connectivity index (χ0n) is 12.0. The van der Waals surface area contributed by atoms with Gasteiger partial charge in [0.1, 0.15) is 9.84 Å². The molecule has 20 heavy (non-hydrogen) atoms. The van der Waals surface area contributed by atoms with Gasteiger partial charge in [-0.3, -0.25) is 0 Å². The summed E-state index contributed by atoms with van der Waals surface area (Å²) >= 11 is 0. The first-order valence-electron chi connectivity index (χ1n) is 7.13. The van der Waals surface area contributed by atoms with Crippen molar-refractivity contribution in [2.24, 2.45) is 11.8 Å². The van der Waals surface area contributed by atoms with Gasteiger partial charge in [-0.25, -0.2) is 8.42 Å². The highest BCUT2D eigenvalue weighted by Crippen LogP contribution is 2.43. The van der Waals surface area contributed by atoms with Gasteiger partial charge >= 0.3 is 6.18 Å². The van der Waals surface area contributed by atoms with Crippen molar-refractivity contribution in [1.29, 1.82) is 0 Å². The summed E-state index contributed by atoms with van der Waals surface area (Å²) in [5, 5.41) is 3.06. The molecule has 3 nitrogen and oxygen atoms in total. The van der Waals surface area contributed by atoms with Gasteiger partial charge in [0.15, 0.2) is 0 Å². The second-order valence-electron chi connectivity index (χ2n) is 5.68. The van der Waals surface area contributed by atoms with Gasteiger partial charge in [-0.1, -0.05) is 19.8 Å². The molecule has 0 heterocycles. The second-order valence-corrected chi connectivity index (χ2v) is 7.94. The molecule has 0 aromatic rings. The maximum atomic E-state index is 13.1. The van der Waals surface area contributed by atoms with Crippen molar-refractivity contribution in [2.45, 2.75) is 51.2 Å². The van der Waals surface area contributed by atoms with E-state index in [2.05, 4.69) is 5.32 Å². The van der Waals surface area contributed by atoms with Crippen LogP contribution in [0.5, 0.6) is 0 Å². The molecule has 1 aliphatic carbocycles. The second kappa shape index (κ2) is 7.11. The largest absolute Gasteiger partial charge is 0.392 e. The number of hydrogen-bond acceptors (Lipinski definition) is 3. The first-order chi connectivity index (χ1) is 9.15. The lowest BCUT2D eigenvalue weighted by atomic mass is 9.74. The molecule has 1 fully saturated rings. The van der Waals surface area contributed by atoms with Gasteiger partial charge in [0.25, 0.3) is 0 Å². The third kappa shape index (κ3) is 5.60. The van der Waals surface area contributed by atoms with Crippen molar-refractivity contribution in [3.63, 3.8) is 0 Å². The fourth-order valence-electron chi connectivity index (χ4n) is 3.12. The molecular weight excluding hydrogens is 291 g/mol. The van der Waals surface area contributed by atoms with Crippen molar-refractivity contribution >= 4 is 9.84 Å². The van der Waals surface area contributed by atoms with Gasteiger partial charge < -0.3 is 5.32 Å². The van der Waals surface area contributed by atoms with E-state index in [1.807, 2.05) is 6.92 Å². The normalized spacial score (nSPS) is 26.4. The molecule has 3 atom stereocenters. The number of hydrogen-bond donors (Lipinski definition) is 1. The van der Waals surface area contributed by atoms with E-state index in [0.717, 1.165) is 12.7 Å². The topological polar surface area (TPSA) is 46.2 Å². The minimum absolute atomic E-state index is 0.0637. The third-order valence-electron chi connectivity index (χ3n) is 4.02.